The maximum atomic E-state index is 6.41. The number of unbranched alkanes of at least 4 members (excludes halogenated alkanes) is 1. The van der Waals surface area contributed by atoms with Crippen molar-refractivity contribution in [3.05, 3.63) is 157 Å². The lowest BCUT2D eigenvalue weighted by Crippen LogP contribution is -1.95. The van der Waals surface area contributed by atoms with Crippen LogP contribution in [0.3, 0.4) is 0 Å². The van der Waals surface area contributed by atoms with Crippen molar-refractivity contribution >= 4 is 65.6 Å². The molecule has 234 valence electrons. The maximum absolute atomic E-state index is 6.41. The van der Waals surface area contributed by atoms with Gasteiger partial charge in [0.1, 0.15) is 11.2 Å². The molecule has 0 amide bonds. The fourth-order valence-electron chi connectivity index (χ4n) is 8.04. The van der Waals surface area contributed by atoms with Crippen LogP contribution >= 0.6 is 0 Å². The number of benzene rings is 7. The quantitative estimate of drug-likeness (QED) is 0.179. The van der Waals surface area contributed by atoms with Crippen LogP contribution in [-0.4, -0.2) is 9.13 Å². The minimum absolute atomic E-state index is 0.947. The molecule has 0 atom stereocenters. The van der Waals surface area contributed by atoms with Gasteiger partial charge in [-0.3, -0.25) is 0 Å². The summed E-state index contributed by atoms with van der Waals surface area (Å²) in [6.45, 7) is 2.24. The molecule has 0 bridgehead atoms. The average Bonchev–Trinajstić information content (AvgIpc) is 3.82. The van der Waals surface area contributed by atoms with Gasteiger partial charge in [0.15, 0.2) is 0 Å². The van der Waals surface area contributed by atoms with Gasteiger partial charge in [-0.1, -0.05) is 110 Å². The van der Waals surface area contributed by atoms with Gasteiger partial charge in [-0.15, -0.1) is 0 Å². The molecule has 10 aromatic rings. The van der Waals surface area contributed by atoms with Crippen LogP contribution in [0, 0.1) is 0 Å². The Balaban J connectivity index is 1.16. The lowest BCUT2D eigenvalue weighted by molar-refractivity contribution is 0.658. The molecule has 0 fully saturated rings. The van der Waals surface area contributed by atoms with E-state index in [0.717, 1.165) is 23.3 Å². The van der Waals surface area contributed by atoms with Crippen molar-refractivity contribution in [2.75, 3.05) is 0 Å². The number of para-hydroxylation sites is 4. The van der Waals surface area contributed by atoms with E-state index in [9.17, 15) is 0 Å². The number of rotatable bonds is 6. The Morgan fingerprint density at radius 1 is 0.490 bits per heavy atom. The Morgan fingerprint density at radius 3 is 2.00 bits per heavy atom. The Bertz CT molecular complexity index is 2850. The van der Waals surface area contributed by atoms with Crippen LogP contribution in [0.1, 0.15) is 25.3 Å². The van der Waals surface area contributed by atoms with Crippen LogP contribution in [0.5, 0.6) is 0 Å². The van der Waals surface area contributed by atoms with E-state index in [2.05, 4.69) is 168 Å². The third-order valence-electron chi connectivity index (χ3n) is 10.3. The molecular formula is C46H34N2O. The molecule has 3 heteroatoms. The molecule has 0 radical (unpaired) electrons. The first kappa shape index (κ1) is 28.0. The second-order valence-electron chi connectivity index (χ2n) is 13.2. The molecule has 0 N–H and O–H groups in total. The molecule has 3 heterocycles. The zero-order valence-electron chi connectivity index (χ0n) is 27.4. The van der Waals surface area contributed by atoms with Crippen molar-refractivity contribution in [2.24, 2.45) is 0 Å². The van der Waals surface area contributed by atoms with Crippen LogP contribution in [0.4, 0.5) is 0 Å². The molecule has 3 nitrogen and oxygen atoms in total. The summed E-state index contributed by atoms with van der Waals surface area (Å²) >= 11 is 0. The SMILES string of the molecule is CCCCc1cccc2c1oc1ccc(-c3ccc(-n4c5ccccc5c5ccc6c(c7ccccc7n6-c6ccccc6)c54)cc3)cc12. The van der Waals surface area contributed by atoms with Crippen LogP contribution in [-0.2, 0) is 6.42 Å². The summed E-state index contributed by atoms with van der Waals surface area (Å²) in [7, 11) is 0. The largest absolute Gasteiger partial charge is 0.456 e. The highest BCUT2D eigenvalue weighted by molar-refractivity contribution is 6.26. The van der Waals surface area contributed by atoms with Gasteiger partial charge in [-0.2, -0.15) is 0 Å². The van der Waals surface area contributed by atoms with Crippen LogP contribution in [0.25, 0.3) is 88.1 Å². The Labute approximate surface area is 284 Å². The van der Waals surface area contributed by atoms with Gasteiger partial charge in [0.05, 0.1) is 22.1 Å². The summed E-state index contributed by atoms with van der Waals surface area (Å²) in [4.78, 5) is 0. The van der Waals surface area contributed by atoms with E-state index in [-0.39, 0.29) is 0 Å². The zero-order chi connectivity index (χ0) is 32.5. The lowest BCUT2D eigenvalue weighted by atomic mass is 10.0. The monoisotopic (exact) mass is 630 g/mol. The minimum Gasteiger partial charge on any atom is -0.456 e. The average molecular weight is 631 g/mol. The number of aryl methyl sites for hydroxylation is 1. The van der Waals surface area contributed by atoms with E-state index in [1.54, 1.807) is 0 Å². The number of aromatic nitrogens is 2. The first-order valence-electron chi connectivity index (χ1n) is 17.3. The van der Waals surface area contributed by atoms with Crippen molar-refractivity contribution in [3.8, 4) is 22.5 Å². The fraction of sp³-hybridized carbons (Fsp3) is 0.0870. The standard InChI is InChI=1S/C46H34N2O/c1-2-3-12-31-13-11-18-37-39-29-32(23-28-43(39)49-46(31)37)30-21-24-34(25-22-30)48-40-19-9-7-16-35(40)36-26-27-42-44(45(36)48)38-17-8-10-20-41(38)47(42)33-14-5-4-6-15-33/h4-11,13-29H,2-3,12H2,1H3. The van der Waals surface area contributed by atoms with Gasteiger partial charge in [-0.25, -0.2) is 0 Å². The van der Waals surface area contributed by atoms with E-state index < -0.39 is 0 Å². The normalized spacial score (nSPS) is 12.0. The van der Waals surface area contributed by atoms with Gasteiger partial charge < -0.3 is 13.6 Å². The van der Waals surface area contributed by atoms with Crippen molar-refractivity contribution < 1.29 is 4.42 Å². The number of hydrogen-bond donors (Lipinski definition) is 0. The number of hydrogen-bond acceptors (Lipinski definition) is 1. The molecule has 0 saturated carbocycles. The summed E-state index contributed by atoms with van der Waals surface area (Å²) < 4.78 is 11.3. The summed E-state index contributed by atoms with van der Waals surface area (Å²) in [5.41, 5.74) is 12.8. The molecule has 49 heavy (non-hydrogen) atoms. The highest BCUT2D eigenvalue weighted by Gasteiger charge is 2.20. The Hall–Kier alpha value is -6.06. The van der Waals surface area contributed by atoms with Gasteiger partial charge in [0.25, 0.3) is 0 Å². The van der Waals surface area contributed by atoms with Gasteiger partial charge in [-0.05, 0) is 84.1 Å². The molecule has 0 aliphatic carbocycles. The molecule has 0 spiro atoms. The van der Waals surface area contributed by atoms with E-state index in [0.29, 0.717) is 0 Å². The molecule has 0 aliphatic rings. The number of furan rings is 1. The topological polar surface area (TPSA) is 23.0 Å². The van der Waals surface area contributed by atoms with E-state index in [1.807, 2.05) is 0 Å². The number of nitrogens with zero attached hydrogens (tertiary/aromatic N) is 2. The maximum Gasteiger partial charge on any atom is 0.138 e. The first-order chi connectivity index (χ1) is 24.3. The molecule has 10 rings (SSSR count). The third kappa shape index (κ3) is 4.22. The summed E-state index contributed by atoms with van der Waals surface area (Å²) in [5, 5.41) is 7.42. The first-order valence-corrected chi connectivity index (χ1v) is 17.3. The number of fused-ring (bicyclic) bond motifs is 10. The molecule has 0 saturated heterocycles. The third-order valence-corrected chi connectivity index (χ3v) is 10.3. The van der Waals surface area contributed by atoms with E-state index >= 15 is 0 Å². The van der Waals surface area contributed by atoms with Crippen molar-refractivity contribution in [1.82, 2.24) is 9.13 Å². The summed E-state index contributed by atoms with van der Waals surface area (Å²) in [5.74, 6) is 0. The van der Waals surface area contributed by atoms with Crippen molar-refractivity contribution in [3.63, 3.8) is 0 Å². The lowest BCUT2D eigenvalue weighted by Gasteiger charge is -2.11. The molecule has 0 aliphatic heterocycles. The minimum atomic E-state index is 0.947. The van der Waals surface area contributed by atoms with Gasteiger partial charge in [0.2, 0.25) is 0 Å². The van der Waals surface area contributed by atoms with E-state index in [4.69, 9.17) is 4.42 Å². The molecule has 3 aromatic heterocycles. The zero-order valence-corrected chi connectivity index (χ0v) is 27.4. The predicted octanol–water partition coefficient (Wildman–Crippen LogP) is 12.8. The van der Waals surface area contributed by atoms with Crippen LogP contribution in [0.15, 0.2) is 156 Å². The van der Waals surface area contributed by atoms with E-state index in [1.165, 1.54) is 89.6 Å². The highest BCUT2D eigenvalue weighted by Crippen LogP contribution is 2.42. The Kier molecular flexibility index (Phi) is 6.29. The summed E-state index contributed by atoms with van der Waals surface area (Å²) in [6, 6.07) is 55.2. The van der Waals surface area contributed by atoms with Crippen molar-refractivity contribution in [2.45, 2.75) is 26.2 Å². The van der Waals surface area contributed by atoms with Crippen LogP contribution < -0.4 is 0 Å². The van der Waals surface area contributed by atoms with Gasteiger partial charge >= 0.3 is 0 Å². The predicted molar refractivity (Wildman–Crippen MR) is 206 cm³/mol. The smallest absolute Gasteiger partial charge is 0.138 e. The second-order valence-corrected chi connectivity index (χ2v) is 13.2. The fourth-order valence-corrected chi connectivity index (χ4v) is 8.04. The highest BCUT2D eigenvalue weighted by atomic mass is 16.3. The summed E-state index contributed by atoms with van der Waals surface area (Å²) in [6.07, 6.45) is 3.39. The van der Waals surface area contributed by atoms with Crippen LogP contribution in [0.2, 0.25) is 0 Å². The van der Waals surface area contributed by atoms with Gasteiger partial charge in [0, 0.05) is 43.7 Å². The van der Waals surface area contributed by atoms with Crippen molar-refractivity contribution in [1.29, 1.82) is 0 Å². The second kappa shape index (κ2) is 11.0. The molecule has 7 aromatic carbocycles. The Morgan fingerprint density at radius 2 is 1.18 bits per heavy atom. The molecule has 0 unspecified atom stereocenters. The molecular weight excluding hydrogens is 597 g/mol.